The monoisotopic (exact) mass is 292 g/mol. The van der Waals surface area contributed by atoms with Gasteiger partial charge in [0.05, 0.1) is 5.56 Å². The van der Waals surface area contributed by atoms with Gasteiger partial charge in [0.1, 0.15) is 17.4 Å². The Morgan fingerprint density at radius 2 is 1.91 bits per heavy atom. The van der Waals surface area contributed by atoms with Gasteiger partial charge in [0.2, 0.25) is 0 Å². The van der Waals surface area contributed by atoms with Crippen LogP contribution in [0.3, 0.4) is 0 Å². The fourth-order valence-corrected chi connectivity index (χ4v) is 3.17. The summed E-state index contributed by atoms with van der Waals surface area (Å²) in [7, 11) is 0. The molecule has 0 amide bonds. The van der Waals surface area contributed by atoms with E-state index in [1.165, 1.54) is 5.56 Å². The van der Waals surface area contributed by atoms with Crippen molar-refractivity contribution in [1.29, 1.82) is 0 Å². The van der Waals surface area contributed by atoms with Crippen molar-refractivity contribution < 1.29 is 9.15 Å². The fraction of sp³-hybridized carbons (Fsp3) is 0.211. The van der Waals surface area contributed by atoms with E-state index < -0.39 is 0 Å². The van der Waals surface area contributed by atoms with Gasteiger partial charge in [0.15, 0.2) is 0 Å². The van der Waals surface area contributed by atoms with E-state index >= 15 is 0 Å². The third-order valence-electron chi connectivity index (χ3n) is 4.19. The second kappa shape index (κ2) is 4.73. The quantitative estimate of drug-likeness (QED) is 0.634. The molecule has 0 bridgehead atoms. The molecule has 3 nitrogen and oxygen atoms in total. The van der Waals surface area contributed by atoms with Gasteiger partial charge in [-0.2, -0.15) is 0 Å². The molecule has 1 aromatic heterocycles. The van der Waals surface area contributed by atoms with E-state index in [0.29, 0.717) is 11.1 Å². The molecule has 0 aliphatic carbocycles. The molecule has 2 heterocycles. The smallest absolute Gasteiger partial charge is 0.344 e. The van der Waals surface area contributed by atoms with E-state index in [4.69, 9.17) is 9.15 Å². The number of ether oxygens (including phenoxy) is 1. The number of hydrogen-bond acceptors (Lipinski definition) is 3. The lowest BCUT2D eigenvalue weighted by Gasteiger charge is -2.09. The summed E-state index contributed by atoms with van der Waals surface area (Å²) in [5, 5.41) is 0.951. The standard InChI is InChI=1S/C19H16O3/c1-11-8-14-9-15-10-16(13-6-4-3-5-7-13)19(20)22-18(15)12(2)17(14)21-11/h3-7,9-11H,8H2,1-2H3. The van der Waals surface area contributed by atoms with E-state index in [-0.39, 0.29) is 11.7 Å². The van der Waals surface area contributed by atoms with Crippen LogP contribution in [0, 0.1) is 6.92 Å². The van der Waals surface area contributed by atoms with Gasteiger partial charge in [-0.1, -0.05) is 30.3 Å². The van der Waals surface area contributed by atoms with Crippen molar-refractivity contribution in [2.75, 3.05) is 0 Å². The van der Waals surface area contributed by atoms with Gasteiger partial charge >= 0.3 is 5.63 Å². The fourth-order valence-electron chi connectivity index (χ4n) is 3.17. The van der Waals surface area contributed by atoms with Gasteiger partial charge in [-0.15, -0.1) is 0 Å². The first-order chi connectivity index (χ1) is 10.6. The second-order valence-corrected chi connectivity index (χ2v) is 5.85. The zero-order valence-electron chi connectivity index (χ0n) is 12.6. The third kappa shape index (κ3) is 1.93. The van der Waals surface area contributed by atoms with Crippen molar-refractivity contribution in [3.63, 3.8) is 0 Å². The summed E-state index contributed by atoms with van der Waals surface area (Å²) in [5.41, 5.74) is 3.88. The summed E-state index contributed by atoms with van der Waals surface area (Å²) in [4.78, 5) is 12.3. The SMILES string of the molecule is Cc1c2c(cc3cc(-c4ccccc4)c(=O)oc13)CC(C)O2. The van der Waals surface area contributed by atoms with Gasteiger partial charge in [-0.25, -0.2) is 4.79 Å². The molecule has 1 atom stereocenters. The Bertz CT molecular complexity index is 923. The summed E-state index contributed by atoms with van der Waals surface area (Å²) in [6.45, 7) is 4.00. The third-order valence-corrected chi connectivity index (χ3v) is 4.19. The number of benzene rings is 2. The molecule has 22 heavy (non-hydrogen) atoms. The number of aryl methyl sites for hydroxylation is 1. The van der Waals surface area contributed by atoms with E-state index in [2.05, 4.69) is 13.0 Å². The predicted molar refractivity (Wildman–Crippen MR) is 86.5 cm³/mol. The number of fused-ring (bicyclic) bond motifs is 2. The van der Waals surface area contributed by atoms with E-state index in [1.807, 2.05) is 43.3 Å². The highest BCUT2D eigenvalue weighted by atomic mass is 16.5. The molecule has 0 spiro atoms. The molecule has 0 fully saturated rings. The molecule has 0 radical (unpaired) electrons. The van der Waals surface area contributed by atoms with Crippen LogP contribution in [0.2, 0.25) is 0 Å². The van der Waals surface area contributed by atoms with E-state index in [1.54, 1.807) is 0 Å². The van der Waals surface area contributed by atoms with Crippen LogP contribution in [0.4, 0.5) is 0 Å². The van der Waals surface area contributed by atoms with Gasteiger partial charge in [-0.05, 0) is 37.1 Å². The first-order valence-electron chi connectivity index (χ1n) is 7.46. The van der Waals surface area contributed by atoms with Crippen LogP contribution in [0.15, 0.2) is 51.7 Å². The van der Waals surface area contributed by atoms with Gasteiger partial charge < -0.3 is 9.15 Å². The first kappa shape index (κ1) is 13.1. The van der Waals surface area contributed by atoms with Crippen molar-refractivity contribution in [1.82, 2.24) is 0 Å². The molecule has 4 rings (SSSR count). The average Bonchev–Trinajstić information content (AvgIpc) is 2.89. The number of hydrogen-bond donors (Lipinski definition) is 0. The van der Waals surface area contributed by atoms with Crippen molar-refractivity contribution in [3.8, 4) is 16.9 Å². The Labute approximate surface area is 128 Å². The van der Waals surface area contributed by atoms with E-state index in [0.717, 1.165) is 28.7 Å². The minimum absolute atomic E-state index is 0.172. The predicted octanol–water partition coefficient (Wildman–Crippen LogP) is 4.09. The molecular weight excluding hydrogens is 276 g/mol. The van der Waals surface area contributed by atoms with E-state index in [9.17, 15) is 4.79 Å². The zero-order valence-corrected chi connectivity index (χ0v) is 12.6. The topological polar surface area (TPSA) is 39.4 Å². The molecule has 1 aliphatic heterocycles. The maximum atomic E-state index is 12.3. The van der Waals surface area contributed by atoms with Crippen molar-refractivity contribution in [2.45, 2.75) is 26.4 Å². The summed E-state index contributed by atoms with van der Waals surface area (Å²) in [6, 6.07) is 13.6. The highest BCUT2D eigenvalue weighted by Gasteiger charge is 2.24. The van der Waals surface area contributed by atoms with Crippen LogP contribution in [-0.4, -0.2) is 6.10 Å². The van der Waals surface area contributed by atoms with Gasteiger partial charge in [0, 0.05) is 17.4 Å². The summed E-state index contributed by atoms with van der Waals surface area (Å²) in [6.07, 6.45) is 1.07. The average molecular weight is 292 g/mol. The molecule has 3 aromatic rings. The Morgan fingerprint density at radius 3 is 2.68 bits per heavy atom. The molecule has 3 heteroatoms. The van der Waals surface area contributed by atoms with Crippen LogP contribution in [0.1, 0.15) is 18.1 Å². The molecule has 110 valence electrons. The maximum absolute atomic E-state index is 12.3. The van der Waals surface area contributed by atoms with Crippen LogP contribution in [0.25, 0.3) is 22.1 Å². The van der Waals surface area contributed by atoms with Crippen molar-refractivity contribution >= 4 is 11.0 Å². The molecule has 2 aromatic carbocycles. The lowest BCUT2D eigenvalue weighted by Crippen LogP contribution is -2.05. The van der Waals surface area contributed by atoms with Crippen molar-refractivity contribution in [3.05, 3.63) is 64.0 Å². The lowest BCUT2D eigenvalue weighted by atomic mass is 10.0. The normalized spacial score (nSPS) is 16.5. The zero-order chi connectivity index (χ0) is 15.3. The van der Waals surface area contributed by atoms with Crippen molar-refractivity contribution in [2.24, 2.45) is 0 Å². The molecule has 1 unspecified atom stereocenters. The molecule has 1 aliphatic rings. The minimum Gasteiger partial charge on any atom is -0.490 e. The Morgan fingerprint density at radius 1 is 1.14 bits per heavy atom. The van der Waals surface area contributed by atoms with Crippen LogP contribution >= 0.6 is 0 Å². The molecule has 0 saturated heterocycles. The minimum atomic E-state index is -0.312. The first-order valence-corrected chi connectivity index (χ1v) is 7.46. The maximum Gasteiger partial charge on any atom is 0.344 e. The highest BCUT2D eigenvalue weighted by molar-refractivity contribution is 5.87. The Kier molecular flexibility index (Phi) is 2.83. The summed E-state index contributed by atoms with van der Waals surface area (Å²) in [5.74, 6) is 0.871. The lowest BCUT2D eigenvalue weighted by molar-refractivity contribution is 0.253. The largest absolute Gasteiger partial charge is 0.490 e. The molecule has 0 N–H and O–H groups in total. The van der Waals surface area contributed by atoms with Crippen LogP contribution < -0.4 is 10.4 Å². The molecule has 0 saturated carbocycles. The highest BCUT2D eigenvalue weighted by Crippen LogP contribution is 2.37. The molecular formula is C19H16O3. The Hall–Kier alpha value is -2.55. The second-order valence-electron chi connectivity index (χ2n) is 5.85. The Balaban J connectivity index is 1.99. The number of rotatable bonds is 1. The summed E-state index contributed by atoms with van der Waals surface area (Å²) < 4.78 is 11.4. The van der Waals surface area contributed by atoms with Gasteiger partial charge in [-0.3, -0.25) is 0 Å². The van der Waals surface area contributed by atoms with Crippen LogP contribution in [0.5, 0.6) is 5.75 Å². The summed E-state index contributed by atoms with van der Waals surface area (Å²) >= 11 is 0. The van der Waals surface area contributed by atoms with Gasteiger partial charge in [0.25, 0.3) is 0 Å². The van der Waals surface area contributed by atoms with Crippen LogP contribution in [-0.2, 0) is 6.42 Å².